The van der Waals surface area contributed by atoms with Gasteiger partial charge in [0.15, 0.2) is 0 Å². The first-order valence-electron chi connectivity index (χ1n) is 5.89. The van der Waals surface area contributed by atoms with Crippen LogP contribution in [0.2, 0.25) is 0 Å². The van der Waals surface area contributed by atoms with Crippen molar-refractivity contribution in [2.45, 2.75) is 12.8 Å². The zero-order valence-electron chi connectivity index (χ0n) is 9.74. The van der Waals surface area contributed by atoms with Crippen molar-refractivity contribution in [2.24, 2.45) is 0 Å². The molecule has 0 fully saturated rings. The average molecular weight is 262 g/mol. The number of halogens is 1. The second-order valence-electron chi connectivity index (χ2n) is 4.18. The van der Waals surface area contributed by atoms with Crippen molar-refractivity contribution in [1.29, 1.82) is 0 Å². The molecule has 1 aromatic carbocycles. The molecule has 0 amide bonds. The van der Waals surface area contributed by atoms with E-state index in [1.807, 2.05) is 5.38 Å². The van der Waals surface area contributed by atoms with Crippen LogP contribution in [0.5, 0.6) is 0 Å². The van der Waals surface area contributed by atoms with E-state index < -0.39 is 0 Å². The van der Waals surface area contributed by atoms with Crippen LogP contribution in [-0.2, 0) is 0 Å². The lowest BCUT2D eigenvalue weighted by Gasteiger charge is -1.95. The molecule has 2 heterocycles. The molecular formula is C13H13FN3S+. The predicted molar refractivity (Wildman–Crippen MR) is 71.2 cm³/mol. The smallest absolute Gasteiger partial charge is 0.277 e. The monoisotopic (exact) mass is 262 g/mol. The highest BCUT2D eigenvalue weighted by Crippen LogP contribution is 2.25. The molecule has 1 aromatic heterocycles. The van der Waals surface area contributed by atoms with E-state index >= 15 is 0 Å². The van der Waals surface area contributed by atoms with Crippen molar-refractivity contribution in [3.63, 3.8) is 0 Å². The van der Waals surface area contributed by atoms with Crippen molar-refractivity contribution < 1.29 is 9.38 Å². The zero-order valence-corrected chi connectivity index (χ0v) is 10.6. The van der Waals surface area contributed by atoms with Crippen LogP contribution in [0.15, 0.2) is 29.6 Å². The van der Waals surface area contributed by atoms with E-state index in [0.29, 0.717) is 0 Å². The summed E-state index contributed by atoms with van der Waals surface area (Å²) in [5.41, 5.74) is 1.81. The van der Waals surface area contributed by atoms with Gasteiger partial charge in [-0.05, 0) is 30.7 Å². The van der Waals surface area contributed by atoms with E-state index in [-0.39, 0.29) is 5.82 Å². The summed E-state index contributed by atoms with van der Waals surface area (Å²) in [6.45, 7) is 1.03. The number of anilines is 1. The number of amidine groups is 1. The van der Waals surface area contributed by atoms with Crippen molar-refractivity contribution in [3.8, 4) is 11.3 Å². The fraction of sp³-hybridized carbons (Fsp3) is 0.231. The molecule has 2 aromatic rings. The molecule has 0 saturated carbocycles. The van der Waals surface area contributed by atoms with Gasteiger partial charge in [0.1, 0.15) is 5.82 Å². The summed E-state index contributed by atoms with van der Waals surface area (Å²) >= 11 is 1.56. The van der Waals surface area contributed by atoms with Gasteiger partial charge in [-0.1, -0.05) is 11.3 Å². The SMILES string of the molecule is Fc1ccc(-c2csc(NC3=[NH+]CCC3)n2)cc1. The van der Waals surface area contributed by atoms with Gasteiger partial charge in [0.25, 0.3) is 5.13 Å². The Morgan fingerprint density at radius 1 is 1.28 bits per heavy atom. The standard InChI is InChI=1S/C13H12FN3S/c14-10-5-3-9(4-6-10)11-8-18-13(16-11)17-12-2-1-7-15-12/h3-6,8H,1-2,7H2,(H,15,16,17)/p+1. The third-order valence-electron chi connectivity index (χ3n) is 2.84. The minimum absolute atomic E-state index is 0.224. The van der Waals surface area contributed by atoms with Crippen molar-refractivity contribution >= 4 is 22.3 Å². The summed E-state index contributed by atoms with van der Waals surface area (Å²) < 4.78 is 12.8. The molecule has 3 rings (SSSR count). The molecule has 5 heteroatoms. The fourth-order valence-corrected chi connectivity index (χ4v) is 2.66. The maximum Gasteiger partial charge on any atom is 0.277 e. The van der Waals surface area contributed by atoms with Crippen LogP contribution in [0, 0.1) is 5.82 Å². The Hall–Kier alpha value is -1.75. The van der Waals surface area contributed by atoms with Gasteiger partial charge in [-0.15, -0.1) is 0 Å². The summed E-state index contributed by atoms with van der Waals surface area (Å²) in [6, 6.07) is 6.40. The highest BCUT2D eigenvalue weighted by atomic mass is 32.1. The quantitative estimate of drug-likeness (QED) is 0.863. The molecule has 2 N–H and O–H groups in total. The predicted octanol–water partition coefficient (Wildman–Crippen LogP) is 1.63. The molecule has 0 radical (unpaired) electrons. The van der Waals surface area contributed by atoms with Crippen LogP contribution in [0.25, 0.3) is 11.3 Å². The molecule has 0 aliphatic carbocycles. The molecular weight excluding hydrogens is 249 g/mol. The maximum absolute atomic E-state index is 12.8. The topological polar surface area (TPSA) is 38.9 Å². The van der Waals surface area contributed by atoms with Gasteiger partial charge in [0.2, 0.25) is 5.84 Å². The van der Waals surface area contributed by atoms with Crippen LogP contribution in [0.3, 0.4) is 0 Å². The number of aromatic nitrogens is 1. The summed E-state index contributed by atoms with van der Waals surface area (Å²) in [5.74, 6) is 0.910. The molecule has 0 atom stereocenters. The van der Waals surface area contributed by atoms with E-state index in [2.05, 4.69) is 15.3 Å². The molecule has 0 spiro atoms. The van der Waals surface area contributed by atoms with Crippen molar-refractivity contribution in [1.82, 2.24) is 4.98 Å². The fourth-order valence-electron chi connectivity index (χ4n) is 1.91. The Labute approximate surface area is 108 Å². The molecule has 18 heavy (non-hydrogen) atoms. The van der Waals surface area contributed by atoms with Gasteiger partial charge >= 0.3 is 0 Å². The molecule has 0 bridgehead atoms. The Kier molecular flexibility index (Phi) is 3.06. The van der Waals surface area contributed by atoms with Crippen LogP contribution in [0.1, 0.15) is 12.8 Å². The number of nitrogens with one attached hydrogen (secondary N) is 2. The van der Waals surface area contributed by atoms with E-state index in [1.54, 1.807) is 23.5 Å². The van der Waals surface area contributed by atoms with Gasteiger partial charge < -0.3 is 0 Å². The third-order valence-corrected chi connectivity index (χ3v) is 3.60. The number of nitrogens with zero attached hydrogens (tertiary/aromatic N) is 1. The van der Waals surface area contributed by atoms with Crippen LogP contribution < -0.4 is 10.3 Å². The zero-order chi connectivity index (χ0) is 12.4. The second kappa shape index (κ2) is 4.86. The van der Waals surface area contributed by atoms with Crippen molar-refractivity contribution in [2.75, 3.05) is 11.9 Å². The summed E-state index contributed by atoms with van der Waals surface area (Å²) in [7, 11) is 0. The molecule has 92 valence electrons. The second-order valence-corrected chi connectivity index (χ2v) is 5.04. The summed E-state index contributed by atoms with van der Waals surface area (Å²) in [4.78, 5) is 7.78. The van der Waals surface area contributed by atoms with Gasteiger partial charge in [0, 0.05) is 10.9 Å². The first-order valence-corrected chi connectivity index (χ1v) is 6.77. The highest BCUT2D eigenvalue weighted by Gasteiger charge is 2.15. The van der Waals surface area contributed by atoms with Crippen LogP contribution in [-0.4, -0.2) is 17.4 Å². The lowest BCUT2D eigenvalue weighted by Crippen LogP contribution is -2.70. The Balaban J connectivity index is 1.78. The van der Waals surface area contributed by atoms with Crippen LogP contribution in [0.4, 0.5) is 9.52 Å². The number of hydrogen-bond acceptors (Lipinski definition) is 3. The third kappa shape index (κ3) is 2.41. The van der Waals surface area contributed by atoms with Crippen molar-refractivity contribution in [3.05, 3.63) is 35.5 Å². The number of thiazole rings is 1. The number of rotatable bonds is 2. The molecule has 0 saturated heterocycles. The lowest BCUT2D eigenvalue weighted by molar-refractivity contribution is -0.447. The van der Waals surface area contributed by atoms with E-state index in [1.165, 1.54) is 18.6 Å². The Bertz CT molecular complexity index is 574. The molecule has 3 nitrogen and oxygen atoms in total. The Morgan fingerprint density at radius 2 is 2.11 bits per heavy atom. The summed E-state index contributed by atoms with van der Waals surface area (Å²) in [5, 5.41) is 6.13. The maximum atomic E-state index is 12.8. The van der Waals surface area contributed by atoms with Gasteiger partial charge in [-0.3, -0.25) is 4.99 Å². The van der Waals surface area contributed by atoms with E-state index in [4.69, 9.17) is 0 Å². The summed E-state index contributed by atoms with van der Waals surface area (Å²) in [6.07, 6.45) is 2.21. The highest BCUT2D eigenvalue weighted by molar-refractivity contribution is 7.14. The number of benzene rings is 1. The normalized spacial score (nSPS) is 14.6. The molecule has 0 unspecified atom stereocenters. The molecule has 1 aliphatic rings. The largest absolute Gasteiger partial charge is 0.278 e. The molecule has 1 aliphatic heterocycles. The van der Waals surface area contributed by atoms with Gasteiger partial charge in [-0.25, -0.2) is 9.71 Å². The first kappa shape index (κ1) is 11.3. The van der Waals surface area contributed by atoms with E-state index in [9.17, 15) is 4.39 Å². The average Bonchev–Trinajstić information content (AvgIpc) is 3.02. The van der Waals surface area contributed by atoms with Crippen LogP contribution >= 0.6 is 11.3 Å². The first-order chi connectivity index (χ1) is 8.81. The minimum atomic E-state index is -0.224. The van der Waals surface area contributed by atoms with E-state index in [0.717, 1.165) is 35.2 Å². The number of hydrogen-bond donors (Lipinski definition) is 2. The minimum Gasteiger partial charge on any atom is -0.278 e. The lowest BCUT2D eigenvalue weighted by atomic mass is 10.2. The van der Waals surface area contributed by atoms with Gasteiger partial charge in [-0.2, -0.15) is 4.98 Å². The Morgan fingerprint density at radius 3 is 2.83 bits per heavy atom. The van der Waals surface area contributed by atoms with Gasteiger partial charge in [0.05, 0.1) is 18.7 Å².